The molecule has 0 rings (SSSR count). The molecule has 0 radical (unpaired) electrons. The summed E-state index contributed by atoms with van der Waals surface area (Å²) in [6.07, 6.45) is 10.2. The number of amides is 1. The van der Waals surface area contributed by atoms with Crippen LogP contribution in [0.2, 0.25) is 0 Å². The molecule has 0 fully saturated rings. The lowest BCUT2D eigenvalue weighted by Crippen LogP contribution is -2.43. The van der Waals surface area contributed by atoms with Crippen molar-refractivity contribution in [3.63, 3.8) is 0 Å². The Balaban J connectivity index is 3.98. The van der Waals surface area contributed by atoms with Crippen molar-refractivity contribution >= 4 is 29.3 Å². The van der Waals surface area contributed by atoms with Gasteiger partial charge in [-0.25, -0.2) is 9.79 Å². The molecule has 0 aromatic rings. The maximum atomic E-state index is 12.1. The molecule has 0 aromatic carbocycles. The number of carbonyl (C=O) groups is 2. The number of hydrogen-bond donors (Lipinski definition) is 2. The Morgan fingerprint density at radius 3 is 2.29 bits per heavy atom. The van der Waals surface area contributed by atoms with Gasteiger partial charge in [-0.2, -0.15) is 0 Å². The van der Waals surface area contributed by atoms with Crippen molar-refractivity contribution in [3.8, 4) is 0 Å². The second kappa shape index (κ2) is 15.3. The molecule has 6 heteroatoms. The van der Waals surface area contributed by atoms with Crippen molar-refractivity contribution in [2.24, 2.45) is 10.9 Å². The molecule has 0 bridgehead atoms. The fourth-order valence-electron chi connectivity index (χ4n) is 2.53. The predicted octanol–water partition coefficient (Wildman–Crippen LogP) is 4.22. The zero-order valence-electron chi connectivity index (χ0n) is 15.1. The van der Waals surface area contributed by atoms with Gasteiger partial charge in [0, 0.05) is 12.5 Å². The van der Waals surface area contributed by atoms with E-state index >= 15 is 0 Å². The lowest BCUT2D eigenvalue weighted by Gasteiger charge is -2.17. The summed E-state index contributed by atoms with van der Waals surface area (Å²) in [6.45, 7) is 4.51. The molecule has 0 saturated heterocycles. The quantitative estimate of drug-likeness (QED) is 0.262. The van der Waals surface area contributed by atoms with E-state index in [9.17, 15) is 14.7 Å². The van der Waals surface area contributed by atoms with Gasteiger partial charge in [0.2, 0.25) is 5.91 Å². The number of carboxylic acids is 1. The third-order valence-corrected chi connectivity index (χ3v) is 4.26. The van der Waals surface area contributed by atoms with E-state index in [0.29, 0.717) is 19.4 Å². The molecule has 2 unspecified atom stereocenters. The van der Waals surface area contributed by atoms with Crippen molar-refractivity contribution in [2.45, 2.75) is 84.1 Å². The minimum absolute atomic E-state index is 0.151. The lowest BCUT2D eigenvalue weighted by atomic mass is 10.00. The average molecular weight is 357 g/mol. The van der Waals surface area contributed by atoms with Crippen LogP contribution in [0.4, 0.5) is 0 Å². The molecular formula is C18H32N2O3S. The van der Waals surface area contributed by atoms with Crippen LogP contribution < -0.4 is 5.32 Å². The fraction of sp³-hybridized carbons (Fsp3) is 0.833. The average Bonchev–Trinajstić information content (AvgIpc) is 2.56. The van der Waals surface area contributed by atoms with Gasteiger partial charge in [-0.05, 0) is 31.5 Å². The van der Waals surface area contributed by atoms with Crippen molar-refractivity contribution in [1.82, 2.24) is 5.32 Å². The molecule has 1 amide bonds. The summed E-state index contributed by atoms with van der Waals surface area (Å²) in [5.41, 5.74) is 0. The Hall–Kier alpha value is -1.26. The molecular weight excluding hydrogens is 324 g/mol. The zero-order valence-corrected chi connectivity index (χ0v) is 15.9. The smallest absolute Gasteiger partial charge is 0.326 e. The van der Waals surface area contributed by atoms with Crippen LogP contribution in [0.25, 0.3) is 0 Å². The highest BCUT2D eigenvalue weighted by atomic mass is 32.1. The first kappa shape index (κ1) is 22.7. The molecule has 2 N–H and O–H groups in total. The molecule has 0 heterocycles. The van der Waals surface area contributed by atoms with Gasteiger partial charge in [0.05, 0.1) is 5.16 Å². The number of thiocarbonyl (C=S) groups is 1. The summed E-state index contributed by atoms with van der Waals surface area (Å²) in [5, 5.41) is 14.1. The normalized spacial score (nSPS) is 12.9. The third-order valence-electron chi connectivity index (χ3n) is 4.13. The summed E-state index contributed by atoms with van der Waals surface area (Å²) in [6, 6.07) is -0.852. The van der Waals surface area contributed by atoms with Crippen LogP contribution in [-0.2, 0) is 9.59 Å². The minimum atomic E-state index is -1.00. The largest absolute Gasteiger partial charge is 0.480 e. The fourth-order valence-corrected chi connectivity index (χ4v) is 2.62. The number of aliphatic imine (C=N–C) groups is 1. The summed E-state index contributed by atoms with van der Waals surface area (Å²) < 4.78 is 0. The van der Waals surface area contributed by atoms with E-state index < -0.39 is 12.0 Å². The van der Waals surface area contributed by atoms with Gasteiger partial charge in [0.15, 0.2) is 0 Å². The van der Waals surface area contributed by atoms with Gasteiger partial charge >= 0.3 is 5.97 Å². The van der Waals surface area contributed by atoms with Gasteiger partial charge in [0.25, 0.3) is 0 Å². The van der Waals surface area contributed by atoms with Crippen molar-refractivity contribution in [1.29, 1.82) is 0 Å². The molecule has 138 valence electrons. The molecule has 2 atom stereocenters. The molecule has 24 heavy (non-hydrogen) atoms. The minimum Gasteiger partial charge on any atom is -0.480 e. The van der Waals surface area contributed by atoms with Gasteiger partial charge in [0.1, 0.15) is 6.04 Å². The van der Waals surface area contributed by atoms with E-state index in [4.69, 9.17) is 0 Å². The zero-order chi connectivity index (χ0) is 18.2. The maximum Gasteiger partial charge on any atom is 0.326 e. The van der Waals surface area contributed by atoms with Gasteiger partial charge in [-0.3, -0.25) is 4.79 Å². The number of nitrogens with zero attached hydrogens (tertiary/aromatic N) is 1. The molecule has 5 nitrogen and oxygen atoms in total. The molecule has 0 aliphatic rings. The topological polar surface area (TPSA) is 78.8 Å². The van der Waals surface area contributed by atoms with Crippen LogP contribution in [-0.4, -0.2) is 34.7 Å². The first-order valence-electron chi connectivity index (χ1n) is 9.09. The monoisotopic (exact) mass is 356 g/mol. The first-order valence-corrected chi connectivity index (χ1v) is 9.50. The van der Waals surface area contributed by atoms with Crippen LogP contribution in [0.3, 0.4) is 0 Å². The predicted molar refractivity (Wildman–Crippen MR) is 100 cm³/mol. The summed E-state index contributed by atoms with van der Waals surface area (Å²) >= 11 is 4.46. The Morgan fingerprint density at radius 1 is 1.08 bits per heavy atom. The van der Waals surface area contributed by atoms with Gasteiger partial charge < -0.3 is 10.4 Å². The molecule has 0 spiro atoms. The first-order chi connectivity index (χ1) is 11.5. The number of carbonyl (C=O) groups excluding carboxylic acids is 1. The number of hydrogen-bond acceptors (Lipinski definition) is 4. The summed E-state index contributed by atoms with van der Waals surface area (Å²) in [4.78, 5) is 27.1. The number of carboxylic acid groups (broad SMARTS) is 1. The van der Waals surface area contributed by atoms with Crippen molar-refractivity contribution in [2.75, 3.05) is 6.54 Å². The molecule has 0 aliphatic heterocycles. The van der Waals surface area contributed by atoms with Crippen molar-refractivity contribution < 1.29 is 14.7 Å². The number of rotatable bonds is 15. The molecule has 0 aliphatic carbocycles. The Labute approximate surface area is 151 Å². The van der Waals surface area contributed by atoms with E-state index in [1.807, 2.05) is 6.92 Å². The van der Waals surface area contributed by atoms with E-state index in [1.54, 1.807) is 0 Å². The van der Waals surface area contributed by atoms with E-state index in [1.165, 1.54) is 32.1 Å². The van der Waals surface area contributed by atoms with Crippen LogP contribution in [0, 0.1) is 5.92 Å². The van der Waals surface area contributed by atoms with E-state index in [0.717, 1.165) is 19.3 Å². The molecule has 0 aromatic heterocycles. The van der Waals surface area contributed by atoms with Crippen LogP contribution in [0.15, 0.2) is 4.99 Å². The Kier molecular flexibility index (Phi) is 14.5. The SMILES string of the molecule is CCCCCCCCCC(C)C(=O)NC(CCCN=C=S)C(=O)O. The second-order valence-electron chi connectivity index (χ2n) is 6.33. The van der Waals surface area contributed by atoms with Crippen LogP contribution >= 0.6 is 12.2 Å². The maximum absolute atomic E-state index is 12.1. The standard InChI is InChI=1S/C18H32N2O3S/c1-3-4-5-6-7-8-9-11-15(2)17(21)20-16(18(22)23)12-10-13-19-14-24/h15-16H,3-13H2,1-2H3,(H,20,21)(H,22,23). The van der Waals surface area contributed by atoms with Gasteiger partial charge in [-0.1, -0.05) is 58.8 Å². The Morgan fingerprint density at radius 2 is 1.71 bits per heavy atom. The van der Waals surface area contributed by atoms with E-state index in [2.05, 4.69) is 34.6 Å². The number of aliphatic carboxylic acids is 1. The van der Waals surface area contributed by atoms with Crippen LogP contribution in [0.5, 0.6) is 0 Å². The molecule has 0 saturated carbocycles. The number of isothiocyanates is 1. The van der Waals surface area contributed by atoms with E-state index in [-0.39, 0.29) is 11.8 Å². The summed E-state index contributed by atoms with van der Waals surface area (Å²) in [5.74, 6) is -1.33. The highest BCUT2D eigenvalue weighted by molar-refractivity contribution is 7.78. The van der Waals surface area contributed by atoms with Crippen molar-refractivity contribution in [3.05, 3.63) is 0 Å². The Bertz CT molecular complexity index is 409. The summed E-state index contributed by atoms with van der Waals surface area (Å²) in [7, 11) is 0. The third kappa shape index (κ3) is 12.2. The number of unbranched alkanes of at least 4 members (excludes halogenated alkanes) is 6. The highest BCUT2D eigenvalue weighted by Crippen LogP contribution is 2.13. The number of nitrogens with one attached hydrogen (secondary N) is 1. The lowest BCUT2D eigenvalue weighted by molar-refractivity contribution is -0.142. The highest BCUT2D eigenvalue weighted by Gasteiger charge is 2.22. The van der Waals surface area contributed by atoms with Gasteiger partial charge in [-0.15, -0.1) is 0 Å². The van der Waals surface area contributed by atoms with Crippen LogP contribution in [0.1, 0.15) is 78.1 Å². The second-order valence-corrected chi connectivity index (χ2v) is 6.51.